The normalized spacial score (nSPS) is 13.5. The Labute approximate surface area is 90.1 Å². The second-order valence-electron chi connectivity index (χ2n) is 3.17. The highest BCUT2D eigenvalue weighted by Gasteiger charge is 2.18. The van der Waals surface area contributed by atoms with Crippen molar-refractivity contribution in [1.82, 2.24) is 10.0 Å². The summed E-state index contributed by atoms with van der Waals surface area (Å²) < 4.78 is 24.5. The minimum absolute atomic E-state index is 0.363. The molecular formula is C8H18N2O4S. The van der Waals surface area contributed by atoms with Crippen molar-refractivity contribution in [3.63, 3.8) is 0 Å². The molecule has 0 bridgehead atoms. The highest BCUT2D eigenvalue weighted by atomic mass is 32.2. The molecule has 0 fully saturated rings. The van der Waals surface area contributed by atoms with E-state index < -0.39 is 28.4 Å². The van der Waals surface area contributed by atoms with Gasteiger partial charge in [0.2, 0.25) is 15.9 Å². The van der Waals surface area contributed by atoms with Gasteiger partial charge in [-0.2, -0.15) is 0 Å². The first-order valence-corrected chi connectivity index (χ1v) is 6.46. The lowest BCUT2D eigenvalue weighted by atomic mass is 10.3. The van der Waals surface area contributed by atoms with Crippen LogP contribution in [0.15, 0.2) is 0 Å². The van der Waals surface area contributed by atoms with E-state index in [1.165, 1.54) is 6.92 Å². The molecule has 0 aromatic rings. The Hall–Kier alpha value is -0.660. The van der Waals surface area contributed by atoms with E-state index in [4.69, 9.17) is 5.11 Å². The molecule has 0 aromatic heterocycles. The second-order valence-corrected chi connectivity index (χ2v) is 5.05. The molecule has 1 unspecified atom stereocenters. The van der Waals surface area contributed by atoms with Crippen molar-refractivity contribution in [1.29, 1.82) is 0 Å². The van der Waals surface area contributed by atoms with Gasteiger partial charge in [-0.25, -0.2) is 13.1 Å². The SMILES string of the molecule is CCCNC(=O)C(C)NS(=O)(=O)CCO. The summed E-state index contributed by atoms with van der Waals surface area (Å²) in [4.78, 5) is 11.3. The van der Waals surface area contributed by atoms with Crippen LogP contribution in [0.2, 0.25) is 0 Å². The van der Waals surface area contributed by atoms with Gasteiger partial charge < -0.3 is 10.4 Å². The number of carbonyl (C=O) groups is 1. The van der Waals surface area contributed by atoms with Crippen LogP contribution in [-0.2, 0) is 14.8 Å². The molecule has 0 radical (unpaired) electrons. The average molecular weight is 238 g/mol. The van der Waals surface area contributed by atoms with Crippen molar-refractivity contribution in [2.75, 3.05) is 18.9 Å². The summed E-state index contributed by atoms with van der Waals surface area (Å²) in [5, 5.41) is 11.0. The van der Waals surface area contributed by atoms with Crippen LogP contribution in [0.25, 0.3) is 0 Å². The highest BCUT2D eigenvalue weighted by molar-refractivity contribution is 7.89. The first-order chi connectivity index (χ1) is 6.93. The van der Waals surface area contributed by atoms with Crippen LogP contribution >= 0.6 is 0 Å². The summed E-state index contributed by atoms with van der Waals surface area (Å²) in [6.07, 6.45) is 0.794. The molecule has 6 nitrogen and oxygen atoms in total. The maximum Gasteiger partial charge on any atom is 0.237 e. The van der Waals surface area contributed by atoms with Crippen LogP contribution in [0.4, 0.5) is 0 Å². The van der Waals surface area contributed by atoms with Crippen LogP contribution in [0.1, 0.15) is 20.3 Å². The van der Waals surface area contributed by atoms with Crippen LogP contribution < -0.4 is 10.0 Å². The van der Waals surface area contributed by atoms with Gasteiger partial charge in [-0.15, -0.1) is 0 Å². The van der Waals surface area contributed by atoms with Crippen LogP contribution in [0.5, 0.6) is 0 Å². The third kappa shape index (κ3) is 6.43. The zero-order chi connectivity index (χ0) is 11.9. The van der Waals surface area contributed by atoms with Gasteiger partial charge in [-0.1, -0.05) is 6.92 Å². The maximum atomic E-state index is 11.3. The Kier molecular flexibility index (Phi) is 6.46. The minimum atomic E-state index is -3.56. The number of nitrogens with one attached hydrogen (secondary N) is 2. The quantitative estimate of drug-likeness (QED) is 0.520. The first-order valence-electron chi connectivity index (χ1n) is 4.81. The molecule has 0 heterocycles. The molecule has 7 heteroatoms. The van der Waals surface area contributed by atoms with Crippen LogP contribution in [0.3, 0.4) is 0 Å². The number of hydrogen-bond donors (Lipinski definition) is 3. The van der Waals surface area contributed by atoms with Crippen molar-refractivity contribution in [2.45, 2.75) is 26.3 Å². The summed E-state index contributed by atoms with van der Waals surface area (Å²) >= 11 is 0. The summed E-state index contributed by atoms with van der Waals surface area (Å²) in [5.41, 5.74) is 0. The minimum Gasteiger partial charge on any atom is -0.395 e. The van der Waals surface area contributed by atoms with Gasteiger partial charge in [0.05, 0.1) is 18.4 Å². The zero-order valence-electron chi connectivity index (χ0n) is 8.99. The first kappa shape index (κ1) is 14.3. The Morgan fingerprint density at radius 2 is 2.07 bits per heavy atom. The molecule has 0 rings (SSSR count). The smallest absolute Gasteiger partial charge is 0.237 e. The summed E-state index contributed by atoms with van der Waals surface area (Å²) in [6.45, 7) is 3.42. The molecule has 0 aromatic carbocycles. The van der Waals surface area contributed by atoms with E-state index in [1.54, 1.807) is 0 Å². The Morgan fingerprint density at radius 1 is 1.47 bits per heavy atom. The van der Waals surface area contributed by atoms with Crippen LogP contribution in [-0.4, -0.2) is 44.4 Å². The van der Waals surface area contributed by atoms with E-state index in [1.807, 2.05) is 6.92 Å². The lowest BCUT2D eigenvalue weighted by Crippen LogP contribution is -2.45. The molecule has 0 saturated carbocycles. The summed E-state index contributed by atoms with van der Waals surface area (Å²) in [6, 6.07) is -0.812. The average Bonchev–Trinajstić information content (AvgIpc) is 2.13. The fraction of sp³-hybridized carbons (Fsp3) is 0.875. The van der Waals surface area contributed by atoms with Crippen molar-refractivity contribution in [2.24, 2.45) is 0 Å². The number of aliphatic hydroxyl groups is 1. The van der Waals surface area contributed by atoms with Crippen molar-refractivity contribution >= 4 is 15.9 Å². The third-order valence-electron chi connectivity index (χ3n) is 1.66. The molecule has 0 aliphatic heterocycles. The highest BCUT2D eigenvalue weighted by Crippen LogP contribution is 1.89. The summed E-state index contributed by atoms with van der Waals surface area (Å²) in [5.74, 6) is -0.753. The number of aliphatic hydroxyl groups excluding tert-OH is 1. The Balaban J connectivity index is 4.12. The maximum absolute atomic E-state index is 11.3. The lowest BCUT2D eigenvalue weighted by Gasteiger charge is -2.13. The molecule has 3 N–H and O–H groups in total. The van der Waals surface area contributed by atoms with E-state index in [9.17, 15) is 13.2 Å². The number of carbonyl (C=O) groups excluding carboxylic acids is 1. The zero-order valence-corrected chi connectivity index (χ0v) is 9.80. The fourth-order valence-corrected chi connectivity index (χ4v) is 1.91. The molecule has 0 aliphatic carbocycles. The largest absolute Gasteiger partial charge is 0.395 e. The van der Waals surface area contributed by atoms with E-state index in [2.05, 4.69) is 10.0 Å². The van der Waals surface area contributed by atoms with Crippen molar-refractivity contribution < 1.29 is 18.3 Å². The van der Waals surface area contributed by atoms with Gasteiger partial charge in [-0.05, 0) is 13.3 Å². The van der Waals surface area contributed by atoms with Gasteiger partial charge in [-0.3, -0.25) is 4.79 Å². The molecule has 0 aliphatic rings. The molecular weight excluding hydrogens is 220 g/mol. The van der Waals surface area contributed by atoms with Gasteiger partial charge in [0.15, 0.2) is 0 Å². The van der Waals surface area contributed by atoms with E-state index in [0.717, 1.165) is 6.42 Å². The van der Waals surface area contributed by atoms with Crippen molar-refractivity contribution in [3.8, 4) is 0 Å². The molecule has 0 spiro atoms. The molecule has 1 amide bonds. The van der Waals surface area contributed by atoms with Gasteiger partial charge in [0.1, 0.15) is 0 Å². The number of amides is 1. The van der Waals surface area contributed by atoms with Gasteiger partial charge in [0.25, 0.3) is 0 Å². The molecule has 90 valence electrons. The van der Waals surface area contributed by atoms with Crippen LogP contribution in [0, 0.1) is 0 Å². The Bertz CT molecular complexity index is 289. The Morgan fingerprint density at radius 3 is 2.53 bits per heavy atom. The van der Waals surface area contributed by atoms with E-state index in [0.29, 0.717) is 6.54 Å². The molecule has 0 saturated heterocycles. The standard InChI is InChI=1S/C8H18N2O4S/c1-3-4-9-8(12)7(2)10-15(13,14)6-5-11/h7,10-11H,3-6H2,1-2H3,(H,9,12). The molecule has 15 heavy (non-hydrogen) atoms. The number of sulfonamides is 1. The lowest BCUT2D eigenvalue weighted by molar-refractivity contribution is -0.122. The predicted molar refractivity (Wildman–Crippen MR) is 56.8 cm³/mol. The predicted octanol–water partition coefficient (Wildman–Crippen LogP) is -1.19. The summed E-state index contributed by atoms with van der Waals surface area (Å²) in [7, 11) is -3.56. The monoisotopic (exact) mass is 238 g/mol. The second kappa shape index (κ2) is 6.76. The van der Waals surface area contributed by atoms with E-state index >= 15 is 0 Å². The van der Waals surface area contributed by atoms with Crippen molar-refractivity contribution in [3.05, 3.63) is 0 Å². The van der Waals surface area contributed by atoms with Gasteiger partial charge >= 0.3 is 0 Å². The van der Waals surface area contributed by atoms with Gasteiger partial charge in [0, 0.05) is 6.54 Å². The fourth-order valence-electron chi connectivity index (χ4n) is 0.903. The number of hydrogen-bond acceptors (Lipinski definition) is 4. The molecule has 1 atom stereocenters. The number of rotatable bonds is 7. The third-order valence-corrected chi connectivity index (χ3v) is 3.09. The topological polar surface area (TPSA) is 95.5 Å². The van der Waals surface area contributed by atoms with E-state index in [-0.39, 0.29) is 5.91 Å².